The van der Waals surface area contributed by atoms with Crippen molar-refractivity contribution in [2.24, 2.45) is 0 Å². The van der Waals surface area contributed by atoms with Gasteiger partial charge in [0.2, 0.25) is 0 Å². The molecule has 2 nitrogen and oxygen atoms in total. The number of rotatable bonds is 2. The summed E-state index contributed by atoms with van der Waals surface area (Å²) in [6.07, 6.45) is 0. The fourth-order valence-electron chi connectivity index (χ4n) is 0.746. The van der Waals surface area contributed by atoms with Crippen molar-refractivity contribution in [1.29, 1.82) is 0 Å². The summed E-state index contributed by atoms with van der Waals surface area (Å²) in [4.78, 5) is 1.22. The maximum absolute atomic E-state index is 5.63. The standard InChI is InChI=1S/C7H11NOS/c1-5-6(8)4-10-7(5)3-9-2/h4H,3,8H2,1-2H3. The van der Waals surface area contributed by atoms with Crippen molar-refractivity contribution in [2.45, 2.75) is 13.5 Å². The summed E-state index contributed by atoms with van der Waals surface area (Å²) in [6.45, 7) is 2.69. The van der Waals surface area contributed by atoms with Crippen molar-refractivity contribution in [3.63, 3.8) is 0 Å². The van der Waals surface area contributed by atoms with Crippen molar-refractivity contribution < 1.29 is 4.74 Å². The maximum atomic E-state index is 5.63. The Morgan fingerprint density at radius 3 is 2.80 bits per heavy atom. The van der Waals surface area contributed by atoms with Gasteiger partial charge in [-0.1, -0.05) is 0 Å². The number of nitrogens with two attached hydrogens (primary N) is 1. The van der Waals surface area contributed by atoms with Crippen LogP contribution in [0.25, 0.3) is 0 Å². The van der Waals surface area contributed by atoms with E-state index in [-0.39, 0.29) is 0 Å². The maximum Gasteiger partial charge on any atom is 0.0809 e. The van der Waals surface area contributed by atoms with Crippen LogP contribution in [-0.4, -0.2) is 7.11 Å². The number of anilines is 1. The number of hydrogen-bond acceptors (Lipinski definition) is 3. The topological polar surface area (TPSA) is 35.2 Å². The molecule has 0 saturated carbocycles. The van der Waals surface area contributed by atoms with E-state index in [0.717, 1.165) is 11.3 Å². The van der Waals surface area contributed by atoms with E-state index >= 15 is 0 Å². The Morgan fingerprint density at radius 2 is 2.40 bits per heavy atom. The van der Waals surface area contributed by atoms with Crippen LogP contribution in [0.15, 0.2) is 5.38 Å². The lowest BCUT2D eigenvalue weighted by Gasteiger charge is -1.95. The van der Waals surface area contributed by atoms with Gasteiger partial charge < -0.3 is 10.5 Å². The predicted molar refractivity (Wildman–Crippen MR) is 44.2 cm³/mol. The molecule has 0 atom stereocenters. The van der Waals surface area contributed by atoms with Crippen molar-refractivity contribution in [1.82, 2.24) is 0 Å². The van der Waals surface area contributed by atoms with Gasteiger partial charge in [0.1, 0.15) is 0 Å². The molecule has 0 aliphatic rings. The molecule has 1 heterocycles. The molecule has 0 aromatic carbocycles. The molecular formula is C7H11NOS. The van der Waals surface area contributed by atoms with Crippen LogP contribution in [0.5, 0.6) is 0 Å². The molecule has 2 N–H and O–H groups in total. The van der Waals surface area contributed by atoms with Crippen LogP contribution in [0.3, 0.4) is 0 Å². The molecule has 1 aromatic heterocycles. The summed E-state index contributed by atoms with van der Waals surface area (Å²) in [7, 11) is 1.69. The van der Waals surface area contributed by atoms with Gasteiger partial charge in [-0.05, 0) is 12.5 Å². The van der Waals surface area contributed by atoms with Crippen LogP contribution in [0, 0.1) is 6.92 Å². The molecule has 0 radical (unpaired) electrons. The molecule has 56 valence electrons. The highest BCUT2D eigenvalue weighted by Crippen LogP contribution is 2.23. The molecule has 0 unspecified atom stereocenters. The zero-order valence-electron chi connectivity index (χ0n) is 6.18. The molecule has 0 amide bonds. The van der Waals surface area contributed by atoms with E-state index in [9.17, 15) is 0 Å². The lowest BCUT2D eigenvalue weighted by atomic mass is 10.3. The number of ether oxygens (including phenoxy) is 1. The highest BCUT2D eigenvalue weighted by Gasteiger charge is 2.02. The van der Waals surface area contributed by atoms with Crippen molar-refractivity contribution in [3.8, 4) is 0 Å². The summed E-state index contributed by atoms with van der Waals surface area (Å²) < 4.78 is 4.98. The van der Waals surface area contributed by atoms with Gasteiger partial charge in [-0.3, -0.25) is 0 Å². The predicted octanol–water partition coefficient (Wildman–Crippen LogP) is 1.79. The minimum Gasteiger partial charge on any atom is -0.398 e. The lowest BCUT2D eigenvalue weighted by Crippen LogP contribution is -1.88. The van der Waals surface area contributed by atoms with Crippen LogP contribution < -0.4 is 5.73 Å². The monoisotopic (exact) mass is 157 g/mol. The highest BCUT2D eigenvalue weighted by molar-refractivity contribution is 7.10. The summed E-state index contributed by atoms with van der Waals surface area (Å²) in [5.74, 6) is 0. The van der Waals surface area contributed by atoms with E-state index in [2.05, 4.69) is 0 Å². The second kappa shape index (κ2) is 3.03. The number of nitrogen functional groups attached to an aromatic ring is 1. The number of methoxy groups -OCH3 is 1. The fourth-order valence-corrected chi connectivity index (χ4v) is 1.67. The molecule has 0 spiro atoms. The van der Waals surface area contributed by atoms with Crippen LogP contribution in [-0.2, 0) is 11.3 Å². The number of hydrogen-bond donors (Lipinski definition) is 1. The zero-order chi connectivity index (χ0) is 7.56. The van der Waals surface area contributed by atoms with E-state index < -0.39 is 0 Å². The van der Waals surface area contributed by atoms with Gasteiger partial charge in [0, 0.05) is 23.1 Å². The molecule has 0 fully saturated rings. The second-order valence-corrected chi connectivity index (χ2v) is 3.14. The lowest BCUT2D eigenvalue weighted by molar-refractivity contribution is 0.187. The van der Waals surface area contributed by atoms with E-state index in [1.807, 2.05) is 12.3 Å². The van der Waals surface area contributed by atoms with E-state index in [0.29, 0.717) is 6.61 Å². The van der Waals surface area contributed by atoms with Crippen LogP contribution >= 0.6 is 11.3 Å². The summed E-state index contributed by atoms with van der Waals surface area (Å²) >= 11 is 1.65. The Labute approximate surface area is 64.6 Å². The van der Waals surface area contributed by atoms with Gasteiger partial charge in [0.25, 0.3) is 0 Å². The number of thiophene rings is 1. The zero-order valence-corrected chi connectivity index (χ0v) is 6.99. The van der Waals surface area contributed by atoms with Gasteiger partial charge >= 0.3 is 0 Å². The van der Waals surface area contributed by atoms with Crippen LogP contribution in [0.4, 0.5) is 5.69 Å². The fraction of sp³-hybridized carbons (Fsp3) is 0.429. The SMILES string of the molecule is COCc1scc(N)c1C. The van der Waals surface area contributed by atoms with Gasteiger partial charge in [-0.25, -0.2) is 0 Å². The smallest absolute Gasteiger partial charge is 0.0809 e. The van der Waals surface area contributed by atoms with Crippen molar-refractivity contribution >= 4 is 17.0 Å². The summed E-state index contributed by atoms with van der Waals surface area (Å²) in [5, 5.41) is 1.95. The van der Waals surface area contributed by atoms with Crippen LogP contribution in [0.1, 0.15) is 10.4 Å². The molecule has 0 aliphatic heterocycles. The Kier molecular flexibility index (Phi) is 2.29. The molecule has 0 aliphatic carbocycles. The third kappa shape index (κ3) is 1.30. The van der Waals surface area contributed by atoms with Crippen molar-refractivity contribution in [2.75, 3.05) is 12.8 Å². The quantitative estimate of drug-likeness (QED) is 0.710. The summed E-state index contributed by atoms with van der Waals surface area (Å²) in [5.41, 5.74) is 7.66. The molecule has 10 heavy (non-hydrogen) atoms. The van der Waals surface area contributed by atoms with E-state index in [1.54, 1.807) is 18.4 Å². The third-order valence-corrected chi connectivity index (χ3v) is 2.54. The van der Waals surface area contributed by atoms with Crippen molar-refractivity contribution in [3.05, 3.63) is 15.8 Å². The average Bonchev–Trinajstić information content (AvgIpc) is 2.20. The first-order valence-electron chi connectivity index (χ1n) is 3.07. The van der Waals surface area contributed by atoms with Gasteiger partial charge in [0.15, 0.2) is 0 Å². The Hall–Kier alpha value is -0.540. The Morgan fingerprint density at radius 1 is 1.70 bits per heavy atom. The van der Waals surface area contributed by atoms with Gasteiger partial charge in [-0.15, -0.1) is 11.3 Å². The normalized spacial score (nSPS) is 10.2. The van der Waals surface area contributed by atoms with Gasteiger partial charge in [-0.2, -0.15) is 0 Å². The minimum atomic E-state index is 0.674. The largest absolute Gasteiger partial charge is 0.398 e. The van der Waals surface area contributed by atoms with Crippen LogP contribution in [0.2, 0.25) is 0 Å². The molecule has 1 rings (SSSR count). The molecule has 3 heteroatoms. The first-order valence-corrected chi connectivity index (χ1v) is 3.95. The molecule has 0 saturated heterocycles. The second-order valence-electron chi connectivity index (χ2n) is 2.17. The highest BCUT2D eigenvalue weighted by atomic mass is 32.1. The van der Waals surface area contributed by atoms with Gasteiger partial charge in [0.05, 0.1) is 6.61 Å². The third-order valence-electron chi connectivity index (χ3n) is 1.45. The Balaban J connectivity index is 2.83. The first kappa shape index (κ1) is 7.57. The van der Waals surface area contributed by atoms with E-state index in [4.69, 9.17) is 10.5 Å². The minimum absolute atomic E-state index is 0.674. The molecule has 0 bridgehead atoms. The summed E-state index contributed by atoms with van der Waals surface area (Å²) in [6, 6.07) is 0. The molecule has 1 aromatic rings. The molecular weight excluding hydrogens is 146 g/mol. The Bertz CT molecular complexity index is 219. The van der Waals surface area contributed by atoms with E-state index in [1.165, 1.54) is 4.88 Å². The first-order chi connectivity index (χ1) is 4.75. The average molecular weight is 157 g/mol.